The zero-order chi connectivity index (χ0) is 13.3. The van der Waals surface area contributed by atoms with Crippen LogP contribution in [0.5, 0.6) is 0 Å². The number of benzene rings is 1. The first-order valence-corrected chi connectivity index (χ1v) is 5.04. The highest BCUT2D eigenvalue weighted by Gasteiger charge is 2.13. The molecule has 1 aromatic heterocycles. The van der Waals surface area contributed by atoms with E-state index in [2.05, 4.69) is 15.3 Å². The molecule has 4 nitrogen and oxygen atoms in total. The zero-order valence-electron chi connectivity index (χ0n) is 8.72. The SMILES string of the molecule is Nc1c(Cl)ncnc1Nc1cc(F)cc(F)c1F. The van der Waals surface area contributed by atoms with Crippen LogP contribution in [0.15, 0.2) is 18.5 Å². The van der Waals surface area contributed by atoms with E-state index in [0.717, 1.165) is 12.4 Å². The predicted molar refractivity (Wildman–Crippen MR) is 61.1 cm³/mol. The molecule has 0 atom stereocenters. The molecule has 0 saturated heterocycles. The van der Waals surface area contributed by atoms with E-state index in [1.165, 1.54) is 0 Å². The molecular weight excluding hydrogens is 269 g/mol. The molecule has 2 aromatic rings. The summed E-state index contributed by atoms with van der Waals surface area (Å²) in [6, 6.07) is 1.20. The predicted octanol–water partition coefficient (Wildman–Crippen LogP) is 2.87. The average molecular weight is 275 g/mol. The largest absolute Gasteiger partial charge is 0.393 e. The van der Waals surface area contributed by atoms with Crippen molar-refractivity contribution in [2.45, 2.75) is 0 Å². The molecule has 0 saturated carbocycles. The van der Waals surface area contributed by atoms with Crippen LogP contribution in [0, 0.1) is 17.5 Å². The third-order valence-electron chi connectivity index (χ3n) is 2.08. The maximum Gasteiger partial charge on any atom is 0.182 e. The standard InChI is InChI=1S/C10H6ClF3N4/c11-9-8(15)10(17-3-16-9)18-6-2-4(12)1-5(13)7(6)14/h1-3H,15H2,(H,16,17,18). The quantitative estimate of drug-likeness (QED) is 0.653. The minimum atomic E-state index is -1.32. The minimum Gasteiger partial charge on any atom is -0.393 e. The Morgan fingerprint density at radius 3 is 2.61 bits per heavy atom. The molecule has 0 radical (unpaired) electrons. The third-order valence-corrected chi connectivity index (χ3v) is 2.38. The summed E-state index contributed by atoms with van der Waals surface area (Å²) in [7, 11) is 0. The van der Waals surface area contributed by atoms with Gasteiger partial charge in [0.15, 0.2) is 22.6 Å². The lowest BCUT2D eigenvalue weighted by Gasteiger charge is -2.09. The maximum atomic E-state index is 13.4. The Bertz CT molecular complexity index is 606. The lowest BCUT2D eigenvalue weighted by Crippen LogP contribution is -2.04. The van der Waals surface area contributed by atoms with E-state index < -0.39 is 23.1 Å². The van der Waals surface area contributed by atoms with Gasteiger partial charge in [-0.3, -0.25) is 0 Å². The van der Waals surface area contributed by atoms with E-state index in [4.69, 9.17) is 17.3 Å². The monoisotopic (exact) mass is 274 g/mol. The first-order valence-electron chi connectivity index (χ1n) is 4.66. The Balaban J connectivity index is 2.43. The summed E-state index contributed by atoms with van der Waals surface area (Å²) < 4.78 is 39.3. The number of nitrogens with zero attached hydrogens (tertiary/aromatic N) is 2. The molecule has 1 heterocycles. The number of nitrogens with two attached hydrogens (primary N) is 1. The van der Waals surface area contributed by atoms with Crippen molar-refractivity contribution in [3.8, 4) is 0 Å². The van der Waals surface area contributed by atoms with Gasteiger partial charge < -0.3 is 11.1 Å². The molecule has 0 fully saturated rings. The van der Waals surface area contributed by atoms with Crippen LogP contribution in [0.25, 0.3) is 0 Å². The van der Waals surface area contributed by atoms with Crippen molar-refractivity contribution in [1.29, 1.82) is 0 Å². The van der Waals surface area contributed by atoms with Crippen molar-refractivity contribution in [1.82, 2.24) is 9.97 Å². The van der Waals surface area contributed by atoms with Gasteiger partial charge in [-0.2, -0.15) is 0 Å². The summed E-state index contributed by atoms with van der Waals surface area (Å²) in [6.45, 7) is 0. The maximum absolute atomic E-state index is 13.4. The van der Waals surface area contributed by atoms with Gasteiger partial charge in [0.05, 0.1) is 5.69 Å². The van der Waals surface area contributed by atoms with E-state index in [9.17, 15) is 13.2 Å². The van der Waals surface area contributed by atoms with E-state index in [0.29, 0.717) is 6.07 Å². The van der Waals surface area contributed by atoms with E-state index in [1.807, 2.05) is 0 Å². The third kappa shape index (κ3) is 2.30. The molecule has 1 aromatic carbocycles. The normalized spacial score (nSPS) is 10.4. The van der Waals surface area contributed by atoms with Gasteiger partial charge in [0.25, 0.3) is 0 Å². The summed E-state index contributed by atoms with van der Waals surface area (Å²) in [5.41, 5.74) is 5.04. The van der Waals surface area contributed by atoms with Crippen LogP contribution in [0.1, 0.15) is 0 Å². The van der Waals surface area contributed by atoms with Gasteiger partial charge in [-0.1, -0.05) is 11.6 Å². The van der Waals surface area contributed by atoms with Crippen LogP contribution in [0.2, 0.25) is 5.15 Å². The lowest BCUT2D eigenvalue weighted by atomic mass is 10.2. The van der Waals surface area contributed by atoms with Crippen LogP contribution in [-0.4, -0.2) is 9.97 Å². The smallest absolute Gasteiger partial charge is 0.182 e. The number of hydrogen-bond donors (Lipinski definition) is 2. The first-order chi connectivity index (χ1) is 8.49. The number of halogens is 4. The second-order valence-corrected chi connectivity index (χ2v) is 3.66. The molecule has 0 aliphatic heterocycles. The highest BCUT2D eigenvalue weighted by Crippen LogP contribution is 2.27. The van der Waals surface area contributed by atoms with Gasteiger partial charge in [-0.25, -0.2) is 23.1 Å². The van der Waals surface area contributed by atoms with Gasteiger partial charge in [0.1, 0.15) is 17.8 Å². The number of rotatable bonds is 2. The summed E-state index contributed by atoms with van der Waals surface area (Å²) in [6.07, 6.45) is 1.08. The highest BCUT2D eigenvalue weighted by atomic mass is 35.5. The van der Waals surface area contributed by atoms with Crippen LogP contribution in [-0.2, 0) is 0 Å². The second-order valence-electron chi connectivity index (χ2n) is 3.30. The fourth-order valence-corrected chi connectivity index (χ4v) is 1.38. The minimum absolute atomic E-state index is 0.0427. The molecule has 94 valence electrons. The topological polar surface area (TPSA) is 63.8 Å². The fraction of sp³-hybridized carbons (Fsp3) is 0. The van der Waals surface area contributed by atoms with Crippen LogP contribution in [0.4, 0.5) is 30.4 Å². The highest BCUT2D eigenvalue weighted by molar-refractivity contribution is 6.32. The summed E-state index contributed by atoms with van der Waals surface area (Å²) in [4.78, 5) is 7.28. The Hall–Kier alpha value is -2.02. The van der Waals surface area contributed by atoms with Crippen molar-refractivity contribution in [2.75, 3.05) is 11.1 Å². The van der Waals surface area contributed by atoms with Gasteiger partial charge in [-0.15, -0.1) is 0 Å². The van der Waals surface area contributed by atoms with Crippen LogP contribution < -0.4 is 11.1 Å². The molecular formula is C10H6ClF3N4. The molecule has 3 N–H and O–H groups in total. The Morgan fingerprint density at radius 1 is 1.17 bits per heavy atom. The molecule has 8 heteroatoms. The van der Waals surface area contributed by atoms with Crippen LogP contribution in [0.3, 0.4) is 0 Å². The van der Waals surface area contributed by atoms with E-state index in [-0.39, 0.29) is 16.7 Å². The Morgan fingerprint density at radius 2 is 1.89 bits per heavy atom. The van der Waals surface area contributed by atoms with Crippen LogP contribution >= 0.6 is 11.6 Å². The molecule has 0 unspecified atom stereocenters. The molecule has 0 amide bonds. The van der Waals surface area contributed by atoms with Crippen molar-refractivity contribution < 1.29 is 13.2 Å². The Kier molecular flexibility index (Phi) is 3.24. The van der Waals surface area contributed by atoms with Crippen molar-refractivity contribution in [2.24, 2.45) is 0 Å². The average Bonchev–Trinajstić information content (AvgIpc) is 2.31. The summed E-state index contributed by atoms with van der Waals surface area (Å²) in [5, 5.41) is 2.30. The molecule has 0 bridgehead atoms. The number of nitrogens with one attached hydrogen (secondary N) is 1. The number of aromatic nitrogens is 2. The first kappa shape index (κ1) is 12.4. The number of hydrogen-bond acceptors (Lipinski definition) is 4. The van der Waals surface area contributed by atoms with Crippen molar-refractivity contribution in [3.63, 3.8) is 0 Å². The fourth-order valence-electron chi connectivity index (χ4n) is 1.25. The number of nitrogen functional groups attached to an aromatic ring is 1. The number of anilines is 3. The lowest BCUT2D eigenvalue weighted by molar-refractivity contribution is 0.498. The Labute approximate surface area is 105 Å². The van der Waals surface area contributed by atoms with Gasteiger partial charge in [-0.05, 0) is 0 Å². The molecule has 0 spiro atoms. The van der Waals surface area contributed by atoms with Crippen molar-refractivity contribution >= 4 is 28.8 Å². The zero-order valence-corrected chi connectivity index (χ0v) is 9.47. The molecule has 0 aliphatic carbocycles. The van der Waals surface area contributed by atoms with Gasteiger partial charge >= 0.3 is 0 Å². The van der Waals surface area contributed by atoms with E-state index >= 15 is 0 Å². The van der Waals surface area contributed by atoms with Crippen molar-refractivity contribution in [3.05, 3.63) is 41.1 Å². The molecule has 0 aliphatic rings. The second kappa shape index (κ2) is 4.69. The van der Waals surface area contributed by atoms with Gasteiger partial charge in [0.2, 0.25) is 0 Å². The van der Waals surface area contributed by atoms with Gasteiger partial charge in [0, 0.05) is 12.1 Å². The molecule has 2 rings (SSSR count). The summed E-state index contributed by atoms with van der Waals surface area (Å²) in [5.74, 6) is -3.55. The summed E-state index contributed by atoms with van der Waals surface area (Å²) >= 11 is 5.62. The molecule has 18 heavy (non-hydrogen) atoms. The van der Waals surface area contributed by atoms with E-state index in [1.54, 1.807) is 0 Å².